The fourth-order valence-electron chi connectivity index (χ4n) is 7.57. The molecule has 6 heteroatoms. The fraction of sp³-hybridized carbons (Fsp3) is 0.750. The van der Waals surface area contributed by atoms with Crippen molar-refractivity contribution >= 4 is 23.3 Å². The standard InChI is InChI=1S/C24H32O6/c1-13-9-16-17-6-8-24(29,20(28)12-30-14(2)25)23(17,4)11-19(27)21(16)22(3)7-5-15(26)10-18(13)22/h10,13,16-17,21,29H,5-9,11-12H2,1-4H3/t13-,16+,17+,21-,22+,23+,24+/m1/s1. The van der Waals surface area contributed by atoms with Gasteiger partial charge in [-0.1, -0.05) is 26.3 Å². The molecule has 7 atom stereocenters. The highest BCUT2D eigenvalue weighted by molar-refractivity contribution is 5.95. The van der Waals surface area contributed by atoms with Crippen LogP contribution in [-0.4, -0.2) is 40.6 Å². The van der Waals surface area contributed by atoms with E-state index in [0.717, 1.165) is 12.0 Å². The summed E-state index contributed by atoms with van der Waals surface area (Å²) in [5.41, 5.74) is -1.73. The molecule has 0 heterocycles. The summed E-state index contributed by atoms with van der Waals surface area (Å²) in [5.74, 6) is -0.680. The maximum absolute atomic E-state index is 13.6. The van der Waals surface area contributed by atoms with Gasteiger partial charge in [-0.3, -0.25) is 19.2 Å². The summed E-state index contributed by atoms with van der Waals surface area (Å²) in [7, 11) is 0. The minimum Gasteiger partial charge on any atom is -0.458 e. The van der Waals surface area contributed by atoms with Gasteiger partial charge in [0.1, 0.15) is 11.4 Å². The molecule has 3 saturated carbocycles. The van der Waals surface area contributed by atoms with Crippen molar-refractivity contribution in [2.24, 2.45) is 34.5 Å². The Bertz CT molecular complexity index is 858. The van der Waals surface area contributed by atoms with Gasteiger partial charge in [-0.15, -0.1) is 0 Å². The van der Waals surface area contributed by atoms with E-state index in [-0.39, 0.29) is 53.5 Å². The zero-order valence-electron chi connectivity index (χ0n) is 18.3. The zero-order chi connectivity index (χ0) is 22.1. The molecule has 0 amide bonds. The highest BCUT2D eigenvalue weighted by atomic mass is 16.5. The van der Waals surface area contributed by atoms with Crippen LogP contribution < -0.4 is 0 Å². The van der Waals surface area contributed by atoms with Gasteiger partial charge in [-0.05, 0) is 54.9 Å². The lowest BCUT2D eigenvalue weighted by Crippen LogP contribution is -2.61. The summed E-state index contributed by atoms with van der Waals surface area (Å²) in [4.78, 5) is 49.7. The number of aliphatic hydroxyl groups is 1. The molecule has 0 bridgehead atoms. The van der Waals surface area contributed by atoms with Crippen molar-refractivity contribution in [2.75, 3.05) is 6.61 Å². The van der Waals surface area contributed by atoms with E-state index in [2.05, 4.69) is 13.8 Å². The van der Waals surface area contributed by atoms with Crippen molar-refractivity contribution < 1.29 is 29.0 Å². The molecule has 0 aromatic rings. The third-order valence-corrected chi connectivity index (χ3v) is 8.99. The van der Waals surface area contributed by atoms with Gasteiger partial charge in [0.15, 0.2) is 12.4 Å². The van der Waals surface area contributed by atoms with Gasteiger partial charge in [0.2, 0.25) is 5.78 Å². The normalized spacial score (nSPS) is 45.2. The second-order valence-electron chi connectivity index (χ2n) is 10.5. The van der Waals surface area contributed by atoms with Gasteiger partial charge < -0.3 is 9.84 Å². The van der Waals surface area contributed by atoms with Crippen LogP contribution in [0, 0.1) is 34.5 Å². The number of allylic oxidation sites excluding steroid dienone is 1. The van der Waals surface area contributed by atoms with Crippen LogP contribution in [0.4, 0.5) is 0 Å². The zero-order valence-corrected chi connectivity index (χ0v) is 18.3. The topological polar surface area (TPSA) is 97.7 Å². The molecule has 6 nitrogen and oxygen atoms in total. The molecule has 0 unspecified atom stereocenters. The molecule has 0 saturated heterocycles. The van der Waals surface area contributed by atoms with Crippen LogP contribution in [0.2, 0.25) is 0 Å². The van der Waals surface area contributed by atoms with Crippen LogP contribution >= 0.6 is 0 Å². The summed E-state index contributed by atoms with van der Waals surface area (Å²) in [5, 5.41) is 11.5. The monoisotopic (exact) mass is 416 g/mol. The number of fused-ring (bicyclic) bond motifs is 5. The van der Waals surface area contributed by atoms with Gasteiger partial charge in [-0.2, -0.15) is 0 Å². The highest BCUT2D eigenvalue weighted by Crippen LogP contribution is 2.67. The molecule has 4 aliphatic rings. The summed E-state index contributed by atoms with van der Waals surface area (Å²) >= 11 is 0. The predicted octanol–water partition coefficient (Wildman–Crippen LogP) is 2.81. The molecule has 1 N–H and O–H groups in total. The molecule has 0 aliphatic heterocycles. The van der Waals surface area contributed by atoms with Crippen LogP contribution in [-0.2, 0) is 23.9 Å². The van der Waals surface area contributed by atoms with E-state index in [4.69, 9.17) is 4.74 Å². The van der Waals surface area contributed by atoms with Gasteiger partial charge in [-0.25, -0.2) is 0 Å². The van der Waals surface area contributed by atoms with Gasteiger partial charge >= 0.3 is 5.97 Å². The first-order valence-corrected chi connectivity index (χ1v) is 11.1. The van der Waals surface area contributed by atoms with Crippen molar-refractivity contribution in [1.82, 2.24) is 0 Å². The maximum Gasteiger partial charge on any atom is 0.303 e. The Balaban J connectivity index is 1.70. The van der Waals surface area contributed by atoms with Crippen molar-refractivity contribution in [3.8, 4) is 0 Å². The van der Waals surface area contributed by atoms with Crippen LogP contribution in [0.3, 0.4) is 0 Å². The predicted molar refractivity (Wildman–Crippen MR) is 108 cm³/mol. The smallest absolute Gasteiger partial charge is 0.303 e. The first-order chi connectivity index (χ1) is 13.9. The summed E-state index contributed by atoms with van der Waals surface area (Å²) in [6, 6.07) is 0. The number of hydrogen-bond donors (Lipinski definition) is 1. The Morgan fingerprint density at radius 3 is 2.60 bits per heavy atom. The Kier molecular flexibility index (Phi) is 4.88. The highest BCUT2D eigenvalue weighted by Gasteiger charge is 2.69. The molecular formula is C24H32O6. The number of rotatable bonds is 3. The summed E-state index contributed by atoms with van der Waals surface area (Å²) in [6.07, 6.45) is 4.83. The quantitative estimate of drug-likeness (QED) is 0.711. The fourth-order valence-corrected chi connectivity index (χ4v) is 7.57. The Labute approximate surface area is 177 Å². The molecule has 0 spiro atoms. The molecule has 4 rings (SSSR count). The molecular weight excluding hydrogens is 384 g/mol. The lowest BCUT2D eigenvalue weighted by atomic mass is 9.44. The van der Waals surface area contributed by atoms with E-state index < -0.39 is 29.4 Å². The Morgan fingerprint density at radius 1 is 1.23 bits per heavy atom. The first kappa shape index (κ1) is 21.4. The van der Waals surface area contributed by atoms with Crippen LogP contribution in [0.1, 0.15) is 66.2 Å². The number of ketones is 3. The number of hydrogen-bond acceptors (Lipinski definition) is 6. The average molecular weight is 417 g/mol. The van der Waals surface area contributed by atoms with E-state index in [1.807, 2.05) is 6.92 Å². The van der Waals surface area contributed by atoms with E-state index in [9.17, 15) is 24.3 Å². The number of carbonyl (C=O) groups is 4. The first-order valence-electron chi connectivity index (χ1n) is 11.1. The largest absolute Gasteiger partial charge is 0.458 e. The van der Waals surface area contributed by atoms with E-state index in [0.29, 0.717) is 19.3 Å². The number of carbonyl (C=O) groups excluding carboxylic acids is 4. The van der Waals surface area contributed by atoms with Crippen LogP contribution in [0.5, 0.6) is 0 Å². The number of ether oxygens (including phenoxy) is 1. The maximum atomic E-state index is 13.6. The van der Waals surface area contributed by atoms with Crippen molar-refractivity contribution in [1.29, 1.82) is 0 Å². The van der Waals surface area contributed by atoms with Gasteiger partial charge in [0.25, 0.3) is 0 Å². The molecule has 0 aromatic heterocycles. The van der Waals surface area contributed by atoms with Crippen molar-refractivity contribution in [3.63, 3.8) is 0 Å². The lowest BCUT2D eigenvalue weighted by molar-refractivity contribution is -0.174. The molecule has 3 fully saturated rings. The van der Waals surface area contributed by atoms with Gasteiger partial charge in [0, 0.05) is 31.1 Å². The lowest BCUT2D eigenvalue weighted by Gasteiger charge is -2.59. The minimum absolute atomic E-state index is 0.0462. The second kappa shape index (κ2) is 6.84. The molecule has 0 aromatic carbocycles. The average Bonchev–Trinajstić information content (AvgIpc) is 2.93. The van der Waals surface area contributed by atoms with E-state index in [1.165, 1.54) is 6.92 Å². The van der Waals surface area contributed by atoms with Crippen LogP contribution in [0.25, 0.3) is 0 Å². The van der Waals surface area contributed by atoms with Crippen molar-refractivity contribution in [2.45, 2.75) is 71.8 Å². The molecule has 4 aliphatic carbocycles. The van der Waals surface area contributed by atoms with E-state index >= 15 is 0 Å². The Morgan fingerprint density at radius 2 is 1.93 bits per heavy atom. The summed E-state index contributed by atoms with van der Waals surface area (Å²) in [6.45, 7) is 6.90. The molecule has 164 valence electrons. The second-order valence-corrected chi connectivity index (χ2v) is 10.5. The number of Topliss-reactive ketones (excluding diaryl/α,β-unsaturated/α-hetero) is 2. The van der Waals surface area contributed by atoms with Crippen molar-refractivity contribution in [3.05, 3.63) is 11.6 Å². The van der Waals surface area contributed by atoms with E-state index in [1.54, 1.807) is 6.08 Å². The van der Waals surface area contributed by atoms with Crippen LogP contribution in [0.15, 0.2) is 11.6 Å². The van der Waals surface area contributed by atoms with Gasteiger partial charge in [0.05, 0.1) is 0 Å². The SMILES string of the molecule is CC(=O)OCC(=O)[C@@]1(O)CC[C@H]2[C@@H]3C[C@@H](C)C4=CC(=O)CC[C@]4(C)[C@H]3C(=O)C[C@@]21C. The Hall–Kier alpha value is -1.82. The third-order valence-electron chi connectivity index (χ3n) is 8.99. The number of esters is 1. The molecule has 0 radical (unpaired) electrons. The summed E-state index contributed by atoms with van der Waals surface area (Å²) < 4.78 is 4.88. The minimum atomic E-state index is -1.66. The molecule has 30 heavy (non-hydrogen) atoms. The third kappa shape index (κ3) is 2.79.